The molecule has 0 aromatic carbocycles. The van der Waals surface area contributed by atoms with Crippen molar-refractivity contribution in [2.45, 2.75) is 13.5 Å². The highest BCUT2D eigenvalue weighted by molar-refractivity contribution is 7.13. The second-order valence-corrected chi connectivity index (χ2v) is 5.66. The predicted octanol–water partition coefficient (Wildman–Crippen LogP) is 2.81. The minimum Gasteiger partial charge on any atom is -0.274 e. The Labute approximate surface area is 131 Å². The molecule has 6 nitrogen and oxygen atoms in total. The molecule has 0 radical (unpaired) electrons. The van der Waals surface area contributed by atoms with Crippen LogP contribution in [-0.2, 0) is 11.4 Å². The van der Waals surface area contributed by atoms with Crippen molar-refractivity contribution in [3.05, 3.63) is 35.3 Å². The van der Waals surface area contributed by atoms with Gasteiger partial charge in [-0.15, -0.1) is 11.3 Å². The van der Waals surface area contributed by atoms with Crippen LogP contribution in [0.25, 0.3) is 21.6 Å². The second kappa shape index (κ2) is 5.86. The quantitative estimate of drug-likeness (QED) is 0.694. The number of amides is 1. The van der Waals surface area contributed by atoms with Crippen molar-refractivity contribution >= 4 is 28.3 Å². The summed E-state index contributed by atoms with van der Waals surface area (Å²) in [6.07, 6.45) is 1.68. The van der Waals surface area contributed by atoms with Crippen molar-refractivity contribution < 1.29 is 9.63 Å². The van der Waals surface area contributed by atoms with Gasteiger partial charge in [0.1, 0.15) is 0 Å². The average molecular weight is 316 g/mol. The van der Waals surface area contributed by atoms with Crippen molar-refractivity contribution in [3.8, 4) is 10.6 Å². The summed E-state index contributed by atoms with van der Waals surface area (Å²) < 4.78 is 1.79. The molecule has 0 aliphatic rings. The molecule has 0 fully saturated rings. The Bertz CT molecular complexity index is 810. The molecular weight excluding hydrogens is 300 g/mol. The fourth-order valence-corrected chi connectivity index (χ4v) is 2.95. The summed E-state index contributed by atoms with van der Waals surface area (Å²) in [5.41, 5.74) is 2.02. The molecule has 0 bridgehead atoms. The number of nitrogens with zero attached hydrogens (tertiary/aromatic N) is 4. The number of fused-ring (bicyclic) bond motifs is 1. The largest absolute Gasteiger partial charge is 0.278 e. The SMILES string of the molecule is CCn1ncc2c(C(=O)N(C)OC)cc(-c3cccs3)nc21. The molecule has 0 aliphatic carbocycles. The van der Waals surface area contributed by atoms with E-state index >= 15 is 0 Å². The van der Waals surface area contributed by atoms with Gasteiger partial charge in [0, 0.05) is 13.6 Å². The van der Waals surface area contributed by atoms with Crippen LogP contribution in [0.4, 0.5) is 0 Å². The van der Waals surface area contributed by atoms with Gasteiger partial charge in [-0.25, -0.2) is 14.7 Å². The number of carbonyl (C=O) groups is 1. The molecule has 0 saturated heterocycles. The first-order valence-corrected chi connectivity index (χ1v) is 7.76. The summed E-state index contributed by atoms with van der Waals surface area (Å²) in [6, 6.07) is 5.75. The van der Waals surface area contributed by atoms with E-state index < -0.39 is 0 Å². The number of hydrogen-bond acceptors (Lipinski definition) is 5. The second-order valence-electron chi connectivity index (χ2n) is 4.72. The first-order valence-electron chi connectivity index (χ1n) is 6.88. The highest BCUT2D eigenvalue weighted by atomic mass is 32.1. The fraction of sp³-hybridized carbons (Fsp3) is 0.267. The Morgan fingerprint density at radius 3 is 2.95 bits per heavy atom. The van der Waals surface area contributed by atoms with E-state index in [2.05, 4.69) is 10.1 Å². The minimum atomic E-state index is -0.219. The summed E-state index contributed by atoms with van der Waals surface area (Å²) in [4.78, 5) is 23.3. The van der Waals surface area contributed by atoms with Crippen LogP contribution in [-0.4, -0.2) is 39.9 Å². The number of carbonyl (C=O) groups excluding carboxylic acids is 1. The van der Waals surface area contributed by atoms with Crippen molar-refractivity contribution in [2.24, 2.45) is 0 Å². The lowest BCUT2D eigenvalue weighted by atomic mass is 10.1. The highest BCUT2D eigenvalue weighted by Gasteiger charge is 2.20. The van der Waals surface area contributed by atoms with Crippen molar-refractivity contribution in [2.75, 3.05) is 14.2 Å². The van der Waals surface area contributed by atoms with E-state index in [4.69, 9.17) is 4.84 Å². The van der Waals surface area contributed by atoms with Crippen LogP contribution in [0, 0.1) is 0 Å². The molecule has 0 atom stereocenters. The predicted molar refractivity (Wildman–Crippen MR) is 85.6 cm³/mol. The summed E-state index contributed by atoms with van der Waals surface area (Å²) in [5.74, 6) is -0.219. The zero-order valence-corrected chi connectivity index (χ0v) is 13.4. The van der Waals surface area contributed by atoms with E-state index in [-0.39, 0.29) is 5.91 Å². The van der Waals surface area contributed by atoms with Crippen LogP contribution in [0.3, 0.4) is 0 Å². The van der Waals surface area contributed by atoms with Gasteiger partial charge in [0.2, 0.25) is 0 Å². The average Bonchev–Trinajstić information content (AvgIpc) is 3.21. The monoisotopic (exact) mass is 316 g/mol. The summed E-state index contributed by atoms with van der Waals surface area (Å²) in [6.45, 7) is 2.69. The number of aromatic nitrogens is 3. The molecule has 0 spiro atoms. The molecule has 0 aliphatic heterocycles. The maximum atomic E-state index is 12.5. The minimum absolute atomic E-state index is 0.219. The van der Waals surface area contributed by atoms with E-state index in [1.165, 1.54) is 12.2 Å². The Kier molecular flexibility index (Phi) is 3.91. The summed E-state index contributed by atoms with van der Waals surface area (Å²) in [7, 11) is 3.05. The third-order valence-corrected chi connectivity index (χ3v) is 4.36. The summed E-state index contributed by atoms with van der Waals surface area (Å²) >= 11 is 1.59. The van der Waals surface area contributed by atoms with Crippen LogP contribution in [0.15, 0.2) is 29.8 Å². The lowest BCUT2D eigenvalue weighted by molar-refractivity contribution is -0.0755. The molecule has 22 heavy (non-hydrogen) atoms. The molecule has 0 unspecified atom stereocenters. The molecule has 3 aromatic heterocycles. The number of pyridine rings is 1. The molecule has 0 saturated carbocycles. The highest BCUT2D eigenvalue weighted by Crippen LogP contribution is 2.28. The van der Waals surface area contributed by atoms with E-state index in [9.17, 15) is 4.79 Å². The van der Waals surface area contributed by atoms with Gasteiger partial charge in [0.25, 0.3) is 5.91 Å². The van der Waals surface area contributed by atoms with Crippen LogP contribution in [0.2, 0.25) is 0 Å². The Balaban J connectivity index is 2.25. The third-order valence-electron chi connectivity index (χ3n) is 3.47. The molecule has 3 aromatic rings. The first-order chi connectivity index (χ1) is 10.7. The van der Waals surface area contributed by atoms with Gasteiger partial charge in [-0.1, -0.05) is 6.07 Å². The molecule has 3 heterocycles. The van der Waals surface area contributed by atoms with Crippen LogP contribution >= 0.6 is 11.3 Å². The molecule has 7 heteroatoms. The Hall–Kier alpha value is -2.25. The van der Waals surface area contributed by atoms with Gasteiger partial charge in [-0.3, -0.25) is 9.63 Å². The van der Waals surface area contributed by atoms with Gasteiger partial charge in [0.15, 0.2) is 5.65 Å². The number of hydroxylamine groups is 2. The van der Waals surface area contributed by atoms with Gasteiger partial charge < -0.3 is 0 Å². The maximum absolute atomic E-state index is 12.5. The van der Waals surface area contributed by atoms with Crippen LogP contribution < -0.4 is 0 Å². The Morgan fingerprint density at radius 2 is 2.32 bits per heavy atom. The van der Waals surface area contributed by atoms with Crippen LogP contribution in [0.5, 0.6) is 0 Å². The third kappa shape index (κ3) is 2.38. The molecule has 1 amide bonds. The lowest BCUT2D eigenvalue weighted by Gasteiger charge is -2.14. The van der Waals surface area contributed by atoms with Crippen LogP contribution in [0.1, 0.15) is 17.3 Å². The summed E-state index contributed by atoms with van der Waals surface area (Å²) in [5, 5.41) is 8.23. The molecule has 0 N–H and O–H groups in total. The van der Waals surface area contributed by atoms with Crippen molar-refractivity contribution in [1.29, 1.82) is 0 Å². The van der Waals surface area contributed by atoms with Gasteiger partial charge in [-0.05, 0) is 24.4 Å². The Morgan fingerprint density at radius 1 is 1.50 bits per heavy atom. The molecule has 114 valence electrons. The smallest absolute Gasteiger partial charge is 0.274 e. The van der Waals surface area contributed by atoms with Gasteiger partial charge >= 0.3 is 0 Å². The van der Waals surface area contributed by atoms with E-state index in [0.717, 1.165) is 16.0 Å². The van der Waals surface area contributed by atoms with E-state index in [1.54, 1.807) is 35.3 Å². The van der Waals surface area contributed by atoms with Gasteiger partial charge in [-0.2, -0.15) is 5.10 Å². The maximum Gasteiger partial charge on any atom is 0.278 e. The normalized spacial score (nSPS) is 11.0. The standard InChI is InChI=1S/C15H16N4O2S/c1-4-19-14-11(9-16-19)10(15(20)18(2)21-3)8-12(17-14)13-6-5-7-22-13/h5-9H,4H2,1-3H3. The van der Waals surface area contributed by atoms with Gasteiger partial charge in [0.05, 0.1) is 34.8 Å². The number of thiophene rings is 1. The molecule has 3 rings (SSSR count). The first kappa shape index (κ1) is 14.7. The zero-order chi connectivity index (χ0) is 15.7. The van der Waals surface area contributed by atoms with Crippen molar-refractivity contribution in [3.63, 3.8) is 0 Å². The molecular formula is C15H16N4O2S. The van der Waals surface area contributed by atoms with E-state index in [1.807, 2.05) is 24.4 Å². The van der Waals surface area contributed by atoms with E-state index in [0.29, 0.717) is 17.8 Å². The van der Waals surface area contributed by atoms with Crippen molar-refractivity contribution in [1.82, 2.24) is 19.8 Å². The fourth-order valence-electron chi connectivity index (χ4n) is 2.26. The zero-order valence-electron chi connectivity index (χ0n) is 12.6. The topological polar surface area (TPSA) is 60.2 Å². The lowest BCUT2D eigenvalue weighted by Crippen LogP contribution is -2.25. The number of hydrogen-bond donors (Lipinski definition) is 0. The number of aryl methyl sites for hydroxylation is 1. The number of rotatable bonds is 4.